The molecule has 3 N–H and O–H groups in total. The van der Waals surface area contributed by atoms with E-state index in [4.69, 9.17) is 11.6 Å². The first-order valence-corrected chi connectivity index (χ1v) is 7.43. The molecule has 1 saturated carbocycles. The smallest absolute Gasteiger partial charge is 0.319 e. The van der Waals surface area contributed by atoms with Crippen LogP contribution in [0.15, 0.2) is 18.2 Å². The van der Waals surface area contributed by atoms with Crippen LogP contribution in [0.3, 0.4) is 0 Å². The molecule has 1 aliphatic rings. The highest BCUT2D eigenvalue weighted by Crippen LogP contribution is 2.25. The SMILES string of the molecule is Cc1cccc(Cl)c1NC(=O)NC[C@H]1CCCC[C@@H]1O. The third-order valence-corrected chi connectivity index (χ3v) is 4.17. The molecule has 0 spiro atoms. The summed E-state index contributed by atoms with van der Waals surface area (Å²) in [7, 11) is 0. The molecule has 0 heterocycles. The Morgan fingerprint density at radius 3 is 2.85 bits per heavy atom. The van der Waals surface area contributed by atoms with Crippen molar-refractivity contribution >= 4 is 23.3 Å². The number of hydrogen-bond donors (Lipinski definition) is 3. The third-order valence-electron chi connectivity index (χ3n) is 3.85. The lowest BCUT2D eigenvalue weighted by molar-refractivity contribution is 0.0711. The van der Waals surface area contributed by atoms with Crippen molar-refractivity contribution in [1.29, 1.82) is 0 Å². The van der Waals surface area contributed by atoms with Crippen LogP contribution in [0.1, 0.15) is 31.2 Å². The van der Waals surface area contributed by atoms with E-state index < -0.39 is 0 Å². The molecule has 20 heavy (non-hydrogen) atoms. The number of benzene rings is 1. The normalized spacial score (nSPS) is 22.4. The maximum atomic E-state index is 11.9. The highest BCUT2D eigenvalue weighted by atomic mass is 35.5. The predicted octanol–water partition coefficient (Wildman–Crippen LogP) is 3.32. The van der Waals surface area contributed by atoms with Gasteiger partial charge < -0.3 is 15.7 Å². The number of amides is 2. The summed E-state index contributed by atoms with van der Waals surface area (Å²) in [5.74, 6) is 0.154. The number of urea groups is 1. The van der Waals surface area contributed by atoms with Crippen molar-refractivity contribution in [3.8, 4) is 0 Å². The zero-order valence-corrected chi connectivity index (χ0v) is 12.4. The molecule has 0 aliphatic heterocycles. The summed E-state index contributed by atoms with van der Waals surface area (Å²) in [5, 5.41) is 16.0. The van der Waals surface area contributed by atoms with Crippen molar-refractivity contribution in [2.75, 3.05) is 11.9 Å². The van der Waals surface area contributed by atoms with Crippen LogP contribution in [0, 0.1) is 12.8 Å². The molecular formula is C15H21ClN2O2. The molecule has 0 radical (unpaired) electrons. The summed E-state index contributed by atoms with van der Waals surface area (Å²) in [6, 6.07) is 5.21. The number of para-hydroxylation sites is 1. The highest BCUT2D eigenvalue weighted by molar-refractivity contribution is 6.33. The van der Waals surface area contributed by atoms with Gasteiger partial charge in [0.2, 0.25) is 0 Å². The quantitative estimate of drug-likeness (QED) is 0.801. The molecule has 1 aliphatic carbocycles. The van der Waals surface area contributed by atoms with Gasteiger partial charge in [-0.1, -0.05) is 36.6 Å². The minimum atomic E-state index is -0.300. The highest BCUT2D eigenvalue weighted by Gasteiger charge is 2.23. The Balaban J connectivity index is 1.86. The minimum absolute atomic E-state index is 0.154. The Hall–Kier alpha value is -1.26. The van der Waals surface area contributed by atoms with E-state index in [1.807, 2.05) is 19.1 Å². The monoisotopic (exact) mass is 296 g/mol. The predicted molar refractivity (Wildman–Crippen MR) is 81.2 cm³/mol. The average Bonchev–Trinajstić information content (AvgIpc) is 2.42. The van der Waals surface area contributed by atoms with Crippen LogP contribution in [0.5, 0.6) is 0 Å². The fraction of sp³-hybridized carbons (Fsp3) is 0.533. The fourth-order valence-corrected chi connectivity index (χ4v) is 2.87. The molecule has 0 unspecified atom stereocenters. The maximum Gasteiger partial charge on any atom is 0.319 e. The van der Waals surface area contributed by atoms with Crippen LogP contribution in [0.2, 0.25) is 5.02 Å². The standard InChI is InChI=1S/C15H21ClN2O2/c1-10-5-4-7-12(16)14(10)18-15(20)17-9-11-6-2-3-8-13(11)19/h4-5,7,11,13,19H,2-3,6,8-9H2,1H3,(H2,17,18,20)/t11-,13+/m1/s1. The molecular weight excluding hydrogens is 276 g/mol. The van der Waals surface area contributed by atoms with Gasteiger partial charge in [0, 0.05) is 12.5 Å². The van der Waals surface area contributed by atoms with E-state index in [0.717, 1.165) is 31.2 Å². The van der Waals surface area contributed by atoms with Gasteiger partial charge in [-0.25, -0.2) is 4.79 Å². The van der Waals surface area contributed by atoms with Gasteiger partial charge in [0.1, 0.15) is 0 Å². The van der Waals surface area contributed by atoms with E-state index in [1.54, 1.807) is 6.07 Å². The lowest BCUT2D eigenvalue weighted by Gasteiger charge is -2.27. The van der Waals surface area contributed by atoms with Gasteiger partial charge in [-0.3, -0.25) is 0 Å². The first-order chi connectivity index (χ1) is 9.58. The first kappa shape index (κ1) is 15.1. The summed E-state index contributed by atoms with van der Waals surface area (Å²) in [6.07, 6.45) is 3.69. The lowest BCUT2D eigenvalue weighted by Crippen LogP contribution is -2.38. The number of hydrogen-bond acceptors (Lipinski definition) is 2. The summed E-state index contributed by atoms with van der Waals surface area (Å²) >= 11 is 6.06. The number of carbonyl (C=O) groups excluding carboxylic acids is 1. The Kier molecular flexibility index (Phi) is 5.26. The Morgan fingerprint density at radius 1 is 1.40 bits per heavy atom. The van der Waals surface area contributed by atoms with E-state index in [2.05, 4.69) is 10.6 Å². The van der Waals surface area contributed by atoms with Crippen LogP contribution in [-0.4, -0.2) is 23.8 Å². The Labute approximate surface area is 124 Å². The number of anilines is 1. The molecule has 0 bridgehead atoms. The van der Waals surface area contributed by atoms with Gasteiger partial charge in [-0.2, -0.15) is 0 Å². The molecule has 2 rings (SSSR count). The number of aryl methyl sites for hydroxylation is 1. The van der Waals surface area contributed by atoms with Crippen LogP contribution in [-0.2, 0) is 0 Å². The zero-order chi connectivity index (χ0) is 14.5. The van der Waals surface area contributed by atoms with E-state index in [9.17, 15) is 9.90 Å². The zero-order valence-electron chi connectivity index (χ0n) is 11.7. The van der Waals surface area contributed by atoms with Crippen molar-refractivity contribution < 1.29 is 9.90 Å². The van der Waals surface area contributed by atoms with E-state index >= 15 is 0 Å². The van der Waals surface area contributed by atoms with Gasteiger partial charge in [-0.15, -0.1) is 0 Å². The number of nitrogens with one attached hydrogen (secondary N) is 2. The maximum absolute atomic E-state index is 11.9. The molecule has 110 valence electrons. The average molecular weight is 297 g/mol. The number of carbonyl (C=O) groups is 1. The summed E-state index contributed by atoms with van der Waals surface area (Å²) in [6.45, 7) is 2.39. The second-order valence-corrected chi connectivity index (χ2v) is 5.79. The molecule has 1 fully saturated rings. The van der Waals surface area contributed by atoms with Crippen LogP contribution in [0.25, 0.3) is 0 Å². The molecule has 5 heteroatoms. The second-order valence-electron chi connectivity index (χ2n) is 5.38. The van der Waals surface area contributed by atoms with E-state index in [0.29, 0.717) is 17.3 Å². The van der Waals surface area contributed by atoms with Gasteiger partial charge >= 0.3 is 6.03 Å². The van der Waals surface area contributed by atoms with Crippen molar-refractivity contribution in [2.45, 2.75) is 38.7 Å². The molecule has 0 saturated heterocycles. The number of aliphatic hydroxyl groups excluding tert-OH is 1. The van der Waals surface area contributed by atoms with Crippen LogP contribution >= 0.6 is 11.6 Å². The van der Waals surface area contributed by atoms with Gasteiger partial charge in [0.05, 0.1) is 16.8 Å². The van der Waals surface area contributed by atoms with E-state index in [-0.39, 0.29) is 18.1 Å². The Bertz CT molecular complexity index is 459. The van der Waals surface area contributed by atoms with Gasteiger partial charge in [0.15, 0.2) is 0 Å². The molecule has 1 aromatic carbocycles. The van der Waals surface area contributed by atoms with Gasteiger partial charge in [-0.05, 0) is 31.4 Å². The third kappa shape index (κ3) is 3.87. The number of halogens is 1. The fourth-order valence-electron chi connectivity index (χ4n) is 2.60. The first-order valence-electron chi connectivity index (χ1n) is 7.06. The van der Waals surface area contributed by atoms with Crippen LogP contribution < -0.4 is 10.6 Å². The second kappa shape index (κ2) is 6.95. The molecule has 1 aromatic rings. The minimum Gasteiger partial charge on any atom is -0.393 e. The molecule has 2 amide bonds. The van der Waals surface area contributed by atoms with Crippen LogP contribution in [0.4, 0.5) is 10.5 Å². The molecule has 2 atom stereocenters. The topological polar surface area (TPSA) is 61.4 Å². The molecule has 4 nitrogen and oxygen atoms in total. The summed E-state index contributed by atoms with van der Waals surface area (Å²) in [5.41, 5.74) is 1.56. The van der Waals surface area contributed by atoms with Crippen molar-refractivity contribution in [3.63, 3.8) is 0 Å². The largest absolute Gasteiger partial charge is 0.393 e. The lowest BCUT2D eigenvalue weighted by atomic mass is 9.86. The Morgan fingerprint density at radius 2 is 2.15 bits per heavy atom. The number of rotatable bonds is 3. The molecule has 0 aromatic heterocycles. The van der Waals surface area contributed by atoms with Gasteiger partial charge in [0.25, 0.3) is 0 Å². The number of aliphatic hydroxyl groups is 1. The summed E-state index contributed by atoms with van der Waals surface area (Å²) < 4.78 is 0. The van der Waals surface area contributed by atoms with E-state index in [1.165, 1.54) is 0 Å². The van der Waals surface area contributed by atoms with Crippen molar-refractivity contribution in [1.82, 2.24) is 5.32 Å². The van der Waals surface area contributed by atoms with Crippen molar-refractivity contribution in [2.24, 2.45) is 5.92 Å². The van der Waals surface area contributed by atoms with Crippen molar-refractivity contribution in [3.05, 3.63) is 28.8 Å². The summed E-state index contributed by atoms with van der Waals surface area (Å²) in [4.78, 5) is 11.9.